The van der Waals surface area contributed by atoms with Gasteiger partial charge in [0.1, 0.15) is 0 Å². The smallest absolute Gasteiger partial charge is 0.263 e. The number of carbonyl (C=O) groups is 1. The number of rotatable bonds is 5. The van der Waals surface area contributed by atoms with Crippen molar-refractivity contribution in [1.29, 1.82) is 0 Å². The molecule has 0 bridgehead atoms. The second-order valence-electron chi connectivity index (χ2n) is 5.57. The van der Waals surface area contributed by atoms with Crippen LogP contribution in [0.1, 0.15) is 42.9 Å². The minimum atomic E-state index is 0.163. The molecular formula is C14H22BrNOS. The van der Waals surface area contributed by atoms with E-state index in [1.54, 1.807) is 0 Å². The molecule has 4 heteroatoms. The van der Waals surface area contributed by atoms with Crippen LogP contribution in [-0.4, -0.2) is 23.9 Å². The molecule has 0 unspecified atom stereocenters. The quantitative estimate of drug-likeness (QED) is 0.773. The molecule has 2 nitrogen and oxygen atoms in total. The third-order valence-electron chi connectivity index (χ3n) is 2.53. The van der Waals surface area contributed by atoms with Gasteiger partial charge in [0.05, 0.1) is 8.66 Å². The van der Waals surface area contributed by atoms with E-state index in [4.69, 9.17) is 0 Å². The molecule has 0 aliphatic rings. The molecule has 102 valence electrons. The van der Waals surface area contributed by atoms with E-state index < -0.39 is 0 Å². The molecule has 0 fully saturated rings. The summed E-state index contributed by atoms with van der Waals surface area (Å²) in [6, 6.07) is 1.98. The van der Waals surface area contributed by atoms with Crippen LogP contribution in [0.4, 0.5) is 0 Å². The fraction of sp³-hybridized carbons (Fsp3) is 0.643. The molecule has 18 heavy (non-hydrogen) atoms. The van der Waals surface area contributed by atoms with Crippen LogP contribution in [0.3, 0.4) is 0 Å². The number of nitrogens with zero attached hydrogens (tertiary/aromatic N) is 1. The molecule has 0 aliphatic carbocycles. The van der Waals surface area contributed by atoms with Crippen LogP contribution in [0.2, 0.25) is 0 Å². The van der Waals surface area contributed by atoms with Gasteiger partial charge in [0.2, 0.25) is 0 Å². The van der Waals surface area contributed by atoms with Gasteiger partial charge in [-0.2, -0.15) is 0 Å². The lowest BCUT2D eigenvalue weighted by Gasteiger charge is -2.25. The van der Waals surface area contributed by atoms with Crippen molar-refractivity contribution in [2.75, 3.05) is 13.1 Å². The van der Waals surface area contributed by atoms with E-state index in [2.05, 4.69) is 43.6 Å². The molecule has 0 aliphatic heterocycles. The van der Waals surface area contributed by atoms with Crippen molar-refractivity contribution in [1.82, 2.24) is 4.90 Å². The second kappa shape index (κ2) is 6.71. The number of halogens is 1. The van der Waals surface area contributed by atoms with Gasteiger partial charge in [0.15, 0.2) is 0 Å². The van der Waals surface area contributed by atoms with Gasteiger partial charge in [-0.05, 0) is 46.3 Å². The summed E-state index contributed by atoms with van der Waals surface area (Å²) in [4.78, 5) is 15.3. The van der Waals surface area contributed by atoms with E-state index in [0.717, 1.165) is 27.3 Å². The maximum atomic E-state index is 12.5. The van der Waals surface area contributed by atoms with Crippen LogP contribution < -0.4 is 0 Å². The van der Waals surface area contributed by atoms with Gasteiger partial charge in [0.25, 0.3) is 5.91 Å². The van der Waals surface area contributed by atoms with Crippen LogP contribution in [0, 0.1) is 18.8 Å². The molecule has 1 aromatic rings. The summed E-state index contributed by atoms with van der Waals surface area (Å²) in [5, 5.41) is 0. The summed E-state index contributed by atoms with van der Waals surface area (Å²) >= 11 is 5.01. The van der Waals surface area contributed by atoms with Gasteiger partial charge in [-0.25, -0.2) is 0 Å². The average molecular weight is 332 g/mol. The number of aryl methyl sites for hydroxylation is 1. The Morgan fingerprint density at radius 2 is 1.78 bits per heavy atom. The van der Waals surface area contributed by atoms with E-state index in [0.29, 0.717) is 11.8 Å². The van der Waals surface area contributed by atoms with E-state index in [1.165, 1.54) is 11.3 Å². The third kappa shape index (κ3) is 4.39. The fourth-order valence-electron chi connectivity index (χ4n) is 1.84. The Morgan fingerprint density at radius 3 is 2.11 bits per heavy atom. The van der Waals surface area contributed by atoms with Gasteiger partial charge in [-0.1, -0.05) is 27.7 Å². The number of hydrogen-bond donors (Lipinski definition) is 0. The van der Waals surface area contributed by atoms with E-state index in [-0.39, 0.29) is 5.91 Å². The SMILES string of the molecule is Cc1cc(C(=O)N(CC(C)C)CC(C)C)sc1Br. The number of thiophene rings is 1. The van der Waals surface area contributed by atoms with Gasteiger partial charge in [-0.15, -0.1) is 11.3 Å². The minimum Gasteiger partial charge on any atom is -0.337 e. The maximum Gasteiger partial charge on any atom is 0.263 e. The van der Waals surface area contributed by atoms with E-state index >= 15 is 0 Å². The first-order chi connectivity index (χ1) is 8.31. The first-order valence-electron chi connectivity index (χ1n) is 6.36. The Labute approximate surface area is 123 Å². The van der Waals surface area contributed by atoms with Crippen LogP contribution in [0.15, 0.2) is 9.85 Å². The normalized spacial score (nSPS) is 11.3. The zero-order valence-corrected chi connectivity index (χ0v) is 14.2. The Morgan fingerprint density at radius 1 is 1.28 bits per heavy atom. The van der Waals surface area contributed by atoms with Crippen LogP contribution >= 0.6 is 27.3 Å². The predicted molar refractivity (Wildman–Crippen MR) is 82.3 cm³/mol. The number of hydrogen-bond acceptors (Lipinski definition) is 2. The number of amides is 1. The summed E-state index contributed by atoms with van der Waals surface area (Å²) < 4.78 is 1.06. The maximum absolute atomic E-state index is 12.5. The molecular weight excluding hydrogens is 310 g/mol. The molecule has 1 heterocycles. The summed E-state index contributed by atoms with van der Waals surface area (Å²) in [7, 11) is 0. The fourth-order valence-corrected chi connectivity index (χ4v) is 3.35. The zero-order valence-electron chi connectivity index (χ0n) is 11.8. The summed E-state index contributed by atoms with van der Waals surface area (Å²) in [6.45, 7) is 12.3. The highest BCUT2D eigenvalue weighted by atomic mass is 79.9. The summed E-state index contributed by atoms with van der Waals surface area (Å²) in [5.74, 6) is 1.16. The highest BCUT2D eigenvalue weighted by Gasteiger charge is 2.20. The zero-order chi connectivity index (χ0) is 13.9. The topological polar surface area (TPSA) is 20.3 Å². The molecule has 0 radical (unpaired) electrons. The first-order valence-corrected chi connectivity index (χ1v) is 7.97. The van der Waals surface area contributed by atoms with E-state index in [1.807, 2.05) is 17.9 Å². The lowest BCUT2D eigenvalue weighted by molar-refractivity contribution is 0.0720. The van der Waals surface area contributed by atoms with Gasteiger partial charge < -0.3 is 4.90 Å². The van der Waals surface area contributed by atoms with Gasteiger partial charge >= 0.3 is 0 Å². The largest absolute Gasteiger partial charge is 0.337 e. The van der Waals surface area contributed by atoms with Crippen LogP contribution in [0.25, 0.3) is 0 Å². The van der Waals surface area contributed by atoms with Crippen molar-refractivity contribution in [3.8, 4) is 0 Å². The number of carbonyl (C=O) groups excluding carboxylic acids is 1. The molecule has 0 atom stereocenters. The average Bonchev–Trinajstić information content (AvgIpc) is 2.56. The molecule has 0 saturated heterocycles. The molecule has 0 aromatic carbocycles. The van der Waals surface area contributed by atoms with Crippen LogP contribution in [-0.2, 0) is 0 Å². The van der Waals surface area contributed by atoms with Crippen molar-refractivity contribution in [3.05, 3.63) is 20.3 Å². The highest BCUT2D eigenvalue weighted by Crippen LogP contribution is 2.28. The van der Waals surface area contributed by atoms with Crippen LogP contribution in [0.5, 0.6) is 0 Å². The monoisotopic (exact) mass is 331 g/mol. The van der Waals surface area contributed by atoms with Gasteiger partial charge in [-0.3, -0.25) is 4.79 Å². The predicted octanol–water partition coefficient (Wildman–Crippen LogP) is 4.57. The Kier molecular flexibility index (Phi) is 5.86. The van der Waals surface area contributed by atoms with Crippen molar-refractivity contribution in [3.63, 3.8) is 0 Å². The van der Waals surface area contributed by atoms with Crippen molar-refractivity contribution < 1.29 is 4.79 Å². The van der Waals surface area contributed by atoms with Gasteiger partial charge in [0, 0.05) is 13.1 Å². The first kappa shape index (κ1) is 15.7. The Bertz CT molecular complexity index is 382. The van der Waals surface area contributed by atoms with Crippen molar-refractivity contribution in [2.45, 2.75) is 34.6 Å². The molecule has 0 N–H and O–H groups in total. The second-order valence-corrected chi connectivity index (χ2v) is 7.94. The van der Waals surface area contributed by atoms with E-state index in [9.17, 15) is 4.79 Å². The Hall–Kier alpha value is -0.350. The summed E-state index contributed by atoms with van der Waals surface area (Å²) in [6.07, 6.45) is 0. The summed E-state index contributed by atoms with van der Waals surface area (Å²) in [5.41, 5.74) is 1.14. The molecule has 1 amide bonds. The molecule has 1 rings (SSSR count). The lowest BCUT2D eigenvalue weighted by Crippen LogP contribution is -2.36. The van der Waals surface area contributed by atoms with Crippen molar-refractivity contribution in [2.24, 2.45) is 11.8 Å². The minimum absolute atomic E-state index is 0.163. The standard InChI is InChI=1S/C14H22BrNOS/c1-9(2)7-16(8-10(3)4)14(17)12-6-11(5)13(15)18-12/h6,9-10H,7-8H2,1-5H3. The Balaban J connectivity index is 2.87. The molecule has 0 spiro atoms. The molecule has 1 aromatic heterocycles. The third-order valence-corrected chi connectivity index (χ3v) is 4.65. The highest BCUT2D eigenvalue weighted by molar-refractivity contribution is 9.11. The lowest BCUT2D eigenvalue weighted by atomic mass is 10.1. The van der Waals surface area contributed by atoms with Crippen molar-refractivity contribution >= 4 is 33.2 Å². The molecule has 0 saturated carbocycles.